The Balaban J connectivity index is 2.54. The lowest BCUT2D eigenvalue weighted by Crippen LogP contribution is -2.41. The predicted octanol–water partition coefficient (Wildman–Crippen LogP) is 2.04. The van der Waals surface area contributed by atoms with Crippen LogP contribution in [0.1, 0.15) is 50.5 Å². The molecule has 1 aliphatic heterocycles. The minimum atomic E-state index is -0.798. The number of methoxy groups -OCH3 is 1. The summed E-state index contributed by atoms with van der Waals surface area (Å²) in [5, 5.41) is 0. The van der Waals surface area contributed by atoms with Gasteiger partial charge in [-0.3, -0.25) is 4.79 Å². The second-order valence-corrected chi connectivity index (χ2v) is 6.99. The van der Waals surface area contributed by atoms with Crippen molar-refractivity contribution in [1.82, 2.24) is 0 Å². The molecule has 0 aliphatic carbocycles. The van der Waals surface area contributed by atoms with Crippen LogP contribution in [0.25, 0.3) is 0 Å². The first-order valence-electron chi connectivity index (χ1n) is 7.74. The maximum absolute atomic E-state index is 14.2. The van der Waals surface area contributed by atoms with Crippen LogP contribution in [0.5, 0.6) is 0 Å². The fourth-order valence-electron chi connectivity index (χ4n) is 2.51. The Labute approximate surface area is 141 Å². The summed E-state index contributed by atoms with van der Waals surface area (Å²) in [7, 11) is 0.382. The van der Waals surface area contributed by atoms with Crippen LogP contribution in [-0.2, 0) is 25.3 Å². The van der Waals surface area contributed by atoms with Crippen molar-refractivity contribution in [3.63, 3.8) is 0 Å². The van der Waals surface area contributed by atoms with E-state index in [0.717, 1.165) is 0 Å². The standard InChI is InChI=1S/C17H22BFO5/c1-10(20)7-11-8-14(19)12(15(21)22-6)9-13(11)18-23-16(2,3)17(4,5)24-18/h8-9H,7H2,1-6H3. The molecule has 24 heavy (non-hydrogen) atoms. The van der Waals surface area contributed by atoms with Crippen LogP contribution in [-0.4, -0.2) is 37.2 Å². The molecule has 5 nitrogen and oxygen atoms in total. The molecule has 0 radical (unpaired) electrons. The van der Waals surface area contributed by atoms with Crippen molar-refractivity contribution in [1.29, 1.82) is 0 Å². The predicted molar refractivity (Wildman–Crippen MR) is 87.8 cm³/mol. The Bertz CT molecular complexity index is 668. The average Bonchev–Trinajstić information content (AvgIpc) is 2.66. The molecular formula is C17H22BFO5. The molecule has 1 heterocycles. The number of esters is 1. The van der Waals surface area contributed by atoms with Gasteiger partial charge in [-0.25, -0.2) is 9.18 Å². The highest BCUT2D eigenvalue weighted by atomic mass is 19.1. The molecule has 0 unspecified atom stereocenters. The minimum absolute atomic E-state index is 0.0256. The fraction of sp³-hybridized carbons (Fsp3) is 0.529. The molecule has 1 aromatic carbocycles. The van der Waals surface area contributed by atoms with Gasteiger partial charge in [0.1, 0.15) is 11.6 Å². The summed E-state index contributed by atoms with van der Waals surface area (Å²) in [6.45, 7) is 8.98. The van der Waals surface area contributed by atoms with Gasteiger partial charge in [0.15, 0.2) is 0 Å². The van der Waals surface area contributed by atoms with Gasteiger partial charge in [-0.15, -0.1) is 0 Å². The van der Waals surface area contributed by atoms with Crippen molar-refractivity contribution in [2.24, 2.45) is 0 Å². The van der Waals surface area contributed by atoms with E-state index in [1.54, 1.807) is 0 Å². The molecule has 0 saturated carbocycles. The molecule has 0 amide bonds. The Kier molecular flexibility index (Phi) is 4.88. The number of benzene rings is 1. The summed E-state index contributed by atoms with van der Waals surface area (Å²) in [6, 6.07) is 2.52. The van der Waals surface area contributed by atoms with E-state index in [1.165, 1.54) is 26.2 Å². The van der Waals surface area contributed by atoms with Crippen molar-refractivity contribution < 1.29 is 28.0 Å². The Morgan fingerprint density at radius 3 is 2.17 bits per heavy atom. The van der Waals surface area contributed by atoms with Gasteiger partial charge in [0.05, 0.1) is 23.9 Å². The lowest BCUT2D eigenvalue weighted by Gasteiger charge is -2.32. The summed E-state index contributed by atoms with van der Waals surface area (Å²) in [6.07, 6.45) is 0.0256. The molecule has 1 saturated heterocycles. The van der Waals surface area contributed by atoms with Crippen LogP contribution in [0.3, 0.4) is 0 Å². The zero-order valence-corrected chi connectivity index (χ0v) is 14.9. The maximum Gasteiger partial charge on any atom is 0.495 e. The first-order chi connectivity index (χ1) is 11.0. The third-order valence-corrected chi connectivity index (χ3v) is 4.58. The van der Waals surface area contributed by atoms with E-state index in [2.05, 4.69) is 4.74 Å². The van der Waals surface area contributed by atoms with E-state index < -0.39 is 30.1 Å². The van der Waals surface area contributed by atoms with Crippen molar-refractivity contribution in [3.05, 3.63) is 29.1 Å². The van der Waals surface area contributed by atoms with Gasteiger partial charge in [0.2, 0.25) is 0 Å². The second-order valence-electron chi connectivity index (χ2n) is 6.99. The summed E-state index contributed by atoms with van der Waals surface area (Å²) in [4.78, 5) is 23.3. The maximum atomic E-state index is 14.2. The van der Waals surface area contributed by atoms with Gasteiger partial charge in [-0.2, -0.15) is 0 Å². The van der Waals surface area contributed by atoms with E-state index >= 15 is 0 Å². The third kappa shape index (κ3) is 3.37. The number of hydrogen-bond acceptors (Lipinski definition) is 5. The number of rotatable bonds is 4. The molecule has 2 rings (SSSR count). The highest BCUT2D eigenvalue weighted by Gasteiger charge is 2.52. The van der Waals surface area contributed by atoms with Gasteiger partial charge in [0, 0.05) is 6.42 Å². The van der Waals surface area contributed by atoms with Crippen molar-refractivity contribution in [2.75, 3.05) is 7.11 Å². The van der Waals surface area contributed by atoms with E-state index in [9.17, 15) is 14.0 Å². The third-order valence-electron chi connectivity index (χ3n) is 4.58. The number of ether oxygens (including phenoxy) is 1. The SMILES string of the molecule is COC(=O)c1cc(B2OC(C)(C)C(C)(C)O2)c(CC(C)=O)cc1F. The molecule has 0 aromatic heterocycles. The zero-order valence-electron chi connectivity index (χ0n) is 14.9. The number of hydrogen-bond donors (Lipinski definition) is 0. The Morgan fingerprint density at radius 1 is 1.17 bits per heavy atom. The fourth-order valence-corrected chi connectivity index (χ4v) is 2.51. The minimum Gasteiger partial charge on any atom is -0.465 e. The van der Waals surface area contributed by atoms with Gasteiger partial charge < -0.3 is 14.0 Å². The van der Waals surface area contributed by atoms with Gasteiger partial charge >= 0.3 is 13.1 Å². The van der Waals surface area contributed by atoms with Crippen LogP contribution in [0.2, 0.25) is 0 Å². The molecule has 0 spiro atoms. The summed E-state index contributed by atoms with van der Waals surface area (Å²) in [5.41, 5.74) is -0.498. The molecule has 130 valence electrons. The zero-order chi connectivity index (χ0) is 18.3. The average molecular weight is 336 g/mol. The second kappa shape index (κ2) is 6.29. The smallest absolute Gasteiger partial charge is 0.465 e. The summed E-state index contributed by atoms with van der Waals surface area (Å²) >= 11 is 0. The molecule has 1 aliphatic rings. The van der Waals surface area contributed by atoms with E-state index in [-0.39, 0.29) is 17.8 Å². The Morgan fingerprint density at radius 2 is 1.71 bits per heavy atom. The first-order valence-corrected chi connectivity index (χ1v) is 7.74. The molecule has 1 aromatic rings. The van der Waals surface area contributed by atoms with Crippen molar-refractivity contribution in [2.45, 2.75) is 52.2 Å². The molecular weight excluding hydrogens is 314 g/mol. The van der Waals surface area contributed by atoms with E-state index in [0.29, 0.717) is 11.0 Å². The van der Waals surface area contributed by atoms with E-state index in [1.807, 2.05) is 27.7 Å². The van der Waals surface area contributed by atoms with Crippen LogP contribution in [0.15, 0.2) is 12.1 Å². The van der Waals surface area contributed by atoms with Crippen LogP contribution < -0.4 is 5.46 Å². The quantitative estimate of drug-likeness (QED) is 0.622. The number of Topliss-reactive ketones (excluding diaryl/α,β-unsaturated/α-hetero) is 1. The van der Waals surface area contributed by atoms with Gasteiger partial charge in [0.25, 0.3) is 0 Å². The van der Waals surface area contributed by atoms with Gasteiger partial charge in [-0.1, -0.05) is 0 Å². The molecule has 0 atom stereocenters. The number of carbonyl (C=O) groups is 2. The van der Waals surface area contributed by atoms with E-state index in [4.69, 9.17) is 9.31 Å². The number of halogens is 1. The first kappa shape index (κ1) is 18.6. The molecule has 0 bridgehead atoms. The lowest BCUT2D eigenvalue weighted by molar-refractivity contribution is -0.116. The largest absolute Gasteiger partial charge is 0.495 e. The normalized spacial score (nSPS) is 18.5. The monoisotopic (exact) mass is 336 g/mol. The van der Waals surface area contributed by atoms with Crippen LogP contribution >= 0.6 is 0 Å². The molecule has 1 fully saturated rings. The molecule has 7 heteroatoms. The Hall–Kier alpha value is -1.73. The lowest BCUT2D eigenvalue weighted by atomic mass is 9.74. The topological polar surface area (TPSA) is 61.8 Å². The molecule has 0 N–H and O–H groups in total. The number of ketones is 1. The van der Waals surface area contributed by atoms with Crippen molar-refractivity contribution in [3.8, 4) is 0 Å². The summed E-state index contributed by atoms with van der Waals surface area (Å²) < 4.78 is 30.8. The van der Waals surface area contributed by atoms with Gasteiger partial charge in [-0.05, 0) is 57.8 Å². The highest BCUT2D eigenvalue weighted by Crippen LogP contribution is 2.36. The highest BCUT2D eigenvalue weighted by molar-refractivity contribution is 6.62. The van der Waals surface area contributed by atoms with Crippen LogP contribution in [0.4, 0.5) is 4.39 Å². The number of carbonyl (C=O) groups excluding carboxylic acids is 2. The van der Waals surface area contributed by atoms with Crippen LogP contribution in [0, 0.1) is 5.82 Å². The van der Waals surface area contributed by atoms with Crippen molar-refractivity contribution >= 4 is 24.3 Å². The summed E-state index contributed by atoms with van der Waals surface area (Å²) in [5.74, 6) is -1.66.